The Morgan fingerprint density at radius 2 is 2.21 bits per heavy atom. The molecule has 2 heterocycles. The zero-order valence-electron chi connectivity index (χ0n) is 11.2. The fraction of sp³-hybridized carbons (Fsp3) is 0.692. The van der Waals surface area contributed by atoms with E-state index in [-0.39, 0.29) is 23.5 Å². The van der Waals surface area contributed by atoms with E-state index in [2.05, 4.69) is 6.92 Å². The van der Waals surface area contributed by atoms with E-state index in [1.54, 1.807) is 4.31 Å². The van der Waals surface area contributed by atoms with Crippen LogP contribution in [0.1, 0.15) is 44.8 Å². The maximum absolute atomic E-state index is 12.6. The fourth-order valence-electron chi connectivity index (χ4n) is 2.61. The third-order valence-corrected chi connectivity index (χ3v) is 5.38. The molecule has 108 valence electrons. The summed E-state index contributed by atoms with van der Waals surface area (Å²) in [6, 6.07) is 3.01. The molecule has 19 heavy (non-hydrogen) atoms. The average molecular weight is 287 g/mol. The Morgan fingerprint density at radius 3 is 2.84 bits per heavy atom. The standard InChI is InChI=1S/C13H21NO4S/c1-2-5-11-6-3-4-9-14(11)19(16,17)13-8-7-12(10-15)18-13/h7-8,11,15H,2-6,9-10H2,1H3. The predicted molar refractivity (Wildman–Crippen MR) is 71.1 cm³/mol. The lowest BCUT2D eigenvalue weighted by Crippen LogP contribution is -2.43. The van der Waals surface area contributed by atoms with Crippen LogP contribution in [0.2, 0.25) is 0 Å². The molecule has 0 saturated carbocycles. The normalized spacial score (nSPS) is 21.7. The van der Waals surface area contributed by atoms with Crippen molar-refractivity contribution in [2.24, 2.45) is 0 Å². The first kappa shape index (κ1) is 14.6. The van der Waals surface area contributed by atoms with E-state index >= 15 is 0 Å². The summed E-state index contributed by atoms with van der Waals surface area (Å²) in [6.07, 6.45) is 4.74. The van der Waals surface area contributed by atoms with E-state index in [9.17, 15) is 8.42 Å². The van der Waals surface area contributed by atoms with Crippen LogP contribution in [0.4, 0.5) is 0 Å². The molecular formula is C13H21NO4S. The lowest BCUT2D eigenvalue weighted by atomic mass is 10.0. The Hall–Kier alpha value is -0.850. The molecule has 0 aliphatic carbocycles. The van der Waals surface area contributed by atoms with E-state index in [1.807, 2.05) is 0 Å². The Balaban J connectivity index is 2.25. The van der Waals surface area contributed by atoms with Gasteiger partial charge in [0.25, 0.3) is 10.0 Å². The topological polar surface area (TPSA) is 70.8 Å². The molecular weight excluding hydrogens is 266 g/mol. The van der Waals surface area contributed by atoms with Crippen LogP contribution >= 0.6 is 0 Å². The summed E-state index contributed by atoms with van der Waals surface area (Å²) in [6.45, 7) is 2.34. The van der Waals surface area contributed by atoms with Crippen molar-refractivity contribution in [2.45, 2.75) is 56.8 Å². The first-order valence-corrected chi connectivity index (χ1v) is 8.25. The summed E-state index contributed by atoms with van der Waals surface area (Å²) in [7, 11) is -3.57. The molecule has 1 saturated heterocycles. The third kappa shape index (κ3) is 3.01. The number of hydrogen-bond acceptors (Lipinski definition) is 4. The van der Waals surface area contributed by atoms with Crippen molar-refractivity contribution >= 4 is 10.0 Å². The first-order chi connectivity index (χ1) is 9.09. The number of aliphatic hydroxyl groups excluding tert-OH is 1. The van der Waals surface area contributed by atoms with E-state index in [4.69, 9.17) is 9.52 Å². The van der Waals surface area contributed by atoms with Crippen LogP contribution in [0.25, 0.3) is 0 Å². The van der Waals surface area contributed by atoms with Gasteiger partial charge in [0, 0.05) is 12.6 Å². The SMILES string of the molecule is CCCC1CCCCN1S(=O)(=O)c1ccc(CO)o1. The van der Waals surface area contributed by atoms with Gasteiger partial charge in [-0.15, -0.1) is 0 Å². The van der Waals surface area contributed by atoms with Gasteiger partial charge in [-0.25, -0.2) is 8.42 Å². The van der Waals surface area contributed by atoms with Crippen molar-refractivity contribution in [2.75, 3.05) is 6.54 Å². The summed E-state index contributed by atoms with van der Waals surface area (Å²) < 4.78 is 31.9. The zero-order chi connectivity index (χ0) is 13.9. The van der Waals surface area contributed by atoms with Gasteiger partial charge < -0.3 is 9.52 Å². The number of sulfonamides is 1. The summed E-state index contributed by atoms with van der Waals surface area (Å²) in [4.78, 5) is 0. The monoisotopic (exact) mass is 287 g/mol. The van der Waals surface area contributed by atoms with Crippen LogP contribution in [0.3, 0.4) is 0 Å². The molecule has 1 aromatic rings. The van der Waals surface area contributed by atoms with Crippen LogP contribution in [0.15, 0.2) is 21.6 Å². The first-order valence-electron chi connectivity index (χ1n) is 6.81. The maximum Gasteiger partial charge on any atom is 0.276 e. The van der Waals surface area contributed by atoms with Gasteiger partial charge in [0.05, 0.1) is 0 Å². The predicted octanol–water partition coefficient (Wildman–Crippen LogP) is 2.12. The Bertz CT molecular complexity index is 506. The van der Waals surface area contributed by atoms with Crippen molar-refractivity contribution < 1.29 is 17.9 Å². The highest BCUT2D eigenvalue weighted by molar-refractivity contribution is 7.89. The minimum atomic E-state index is -3.57. The number of rotatable bonds is 5. The molecule has 1 N–H and O–H groups in total. The van der Waals surface area contributed by atoms with Crippen LogP contribution in [-0.4, -0.2) is 30.4 Å². The van der Waals surface area contributed by atoms with Crippen molar-refractivity contribution in [3.63, 3.8) is 0 Å². The summed E-state index contributed by atoms with van der Waals surface area (Å²) in [5, 5.41) is 8.91. The summed E-state index contributed by atoms with van der Waals surface area (Å²) >= 11 is 0. The van der Waals surface area contributed by atoms with Crippen LogP contribution in [0.5, 0.6) is 0 Å². The molecule has 0 bridgehead atoms. The highest BCUT2D eigenvalue weighted by Crippen LogP contribution is 2.28. The van der Waals surface area contributed by atoms with Gasteiger partial charge in [-0.3, -0.25) is 0 Å². The van der Waals surface area contributed by atoms with E-state index in [1.165, 1.54) is 12.1 Å². The van der Waals surface area contributed by atoms with E-state index in [0.29, 0.717) is 6.54 Å². The van der Waals surface area contributed by atoms with E-state index < -0.39 is 10.0 Å². The largest absolute Gasteiger partial charge is 0.446 e. The van der Waals surface area contributed by atoms with Gasteiger partial charge in [-0.2, -0.15) is 4.31 Å². The molecule has 0 radical (unpaired) electrons. The van der Waals surface area contributed by atoms with Crippen LogP contribution in [0, 0.1) is 0 Å². The number of hydrogen-bond donors (Lipinski definition) is 1. The van der Waals surface area contributed by atoms with Crippen molar-refractivity contribution in [1.29, 1.82) is 0 Å². The molecule has 0 spiro atoms. The molecule has 1 aliphatic heterocycles. The van der Waals surface area contributed by atoms with Gasteiger partial charge in [-0.05, 0) is 31.4 Å². The van der Waals surface area contributed by atoms with Gasteiger partial charge in [0.2, 0.25) is 5.09 Å². The van der Waals surface area contributed by atoms with Crippen molar-refractivity contribution in [3.05, 3.63) is 17.9 Å². The van der Waals surface area contributed by atoms with Crippen molar-refractivity contribution in [3.8, 4) is 0 Å². The molecule has 1 unspecified atom stereocenters. The molecule has 0 aromatic carbocycles. The number of nitrogens with zero attached hydrogens (tertiary/aromatic N) is 1. The number of piperidine rings is 1. The van der Waals surface area contributed by atoms with E-state index in [0.717, 1.165) is 32.1 Å². The van der Waals surface area contributed by atoms with Gasteiger partial charge in [0.1, 0.15) is 12.4 Å². The Kier molecular flexibility index (Phi) is 4.65. The second kappa shape index (κ2) is 6.07. The molecule has 2 rings (SSSR count). The fourth-order valence-corrected chi connectivity index (χ4v) is 4.27. The van der Waals surface area contributed by atoms with Gasteiger partial charge >= 0.3 is 0 Å². The van der Waals surface area contributed by atoms with Gasteiger partial charge in [-0.1, -0.05) is 19.8 Å². The van der Waals surface area contributed by atoms with Gasteiger partial charge in [0.15, 0.2) is 0 Å². The molecule has 1 atom stereocenters. The minimum absolute atomic E-state index is 0.0560. The highest BCUT2D eigenvalue weighted by atomic mass is 32.2. The molecule has 1 fully saturated rings. The quantitative estimate of drug-likeness (QED) is 0.900. The number of aliphatic hydroxyl groups is 1. The van der Waals surface area contributed by atoms with Crippen molar-refractivity contribution in [1.82, 2.24) is 4.31 Å². The van der Waals surface area contributed by atoms with Crippen LogP contribution < -0.4 is 0 Å². The molecule has 0 amide bonds. The maximum atomic E-state index is 12.6. The smallest absolute Gasteiger partial charge is 0.276 e. The third-order valence-electron chi connectivity index (χ3n) is 3.55. The summed E-state index contributed by atoms with van der Waals surface area (Å²) in [5.41, 5.74) is 0. The zero-order valence-corrected chi connectivity index (χ0v) is 12.0. The highest BCUT2D eigenvalue weighted by Gasteiger charge is 2.34. The summed E-state index contributed by atoms with van der Waals surface area (Å²) in [5.74, 6) is 0.280. The lowest BCUT2D eigenvalue weighted by Gasteiger charge is -2.33. The second-order valence-corrected chi connectivity index (χ2v) is 6.75. The second-order valence-electron chi connectivity index (χ2n) is 4.93. The Morgan fingerprint density at radius 1 is 1.42 bits per heavy atom. The van der Waals surface area contributed by atoms with Crippen LogP contribution in [-0.2, 0) is 16.6 Å². The number of furan rings is 1. The molecule has 6 heteroatoms. The molecule has 1 aliphatic rings. The molecule has 1 aromatic heterocycles. The lowest BCUT2D eigenvalue weighted by molar-refractivity contribution is 0.221. The minimum Gasteiger partial charge on any atom is -0.446 e. The average Bonchev–Trinajstić information content (AvgIpc) is 2.89. The molecule has 5 nitrogen and oxygen atoms in total. The Labute approximate surface area is 114 Å².